The highest BCUT2D eigenvalue weighted by molar-refractivity contribution is 7.92. The fourth-order valence-electron chi connectivity index (χ4n) is 2.53. The largest absolute Gasteiger partial charge is 0.456 e. The molecular formula is C21H16ClN3O4S. The van der Waals surface area contributed by atoms with Gasteiger partial charge in [0.2, 0.25) is 5.91 Å². The second-order valence-corrected chi connectivity index (χ2v) is 8.31. The molecule has 3 rings (SSSR count). The summed E-state index contributed by atoms with van der Waals surface area (Å²) in [5.41, 5.74) is 0.851. The molecule has 0 fully saturated rings. The number of nitriles is 1. The van der Waals surface area contributed by atoms with Crippen LogP contribution in [0.3, 0.4) is 0 Å². The number of hydrogen-bond acceptors (Lipinski definition) is 5. The first-order chi connectivity index (χ1) is 14.3. The Morgan fingerprint density at radius 1 is 1.00 bits per heavy atom. The first-order valence-electron chi connectivity index (χ1n) is 8.65. The molecule has 30 heavy (non-hydrogen) atoms. The van der Waals surface area contributed by atoms with Crippen molar-refractivity contribution in [1.82, 2.24) is 0 Å². The van der Waals surface area contributed by atoms with Gasteiger partial charge < -0.3 is 10.1 Å². The lowest BCUT2D eigenvalue weighted by atomic mass is 10.2. The first kappa shape index (κ1) is 21.2. The van der Waals surface area contributed by atoms with Gasteiger partial charge in [-0.15, -0.1) is 0 Å². The summed E-state index contributed by atoms with van der Waals surface area (Å²) in [6.07, 6.45) is 0. The summed E-state index contributed by atoms with van der Waals surface area (Å²) in [4.78, 5) is 11.1. The molecule has 0 aliphatic rings. The van der Waals surface area contributed by atoms with Crippen molar-refractivity contribution in [3.05, 3.63) is 77.3 Å². The number of anilines is 2. The van der Waals surface area contributed by atoms with Gasteiger partial charge in [-0.3, -0.25) is 9.52 Å². The van der Waals surface area contributed by atoms with E-state index in [1.807, 2.05) is 6.07 Å². The summed E-state index contributed by atoms with van der Waals surface area (Å²) in [6, 6.07) is 18.7. The highest BCUT2D eigenvalue weighted by Crippen LogP contribution is 2.29. The smallest absolute Gasteiger partial charge is 0.261 e. The quantitative estimate of drug-likeness (QED) is 0.573. The number of amides is 1. The molecule has 9 heteroatoms. The van der Waals surface area contributed by atoms with Crippen LogP contribution in [0.4, 0.5) is 11.4 Å². The number of nitrogens with one attached hydrogen (secondary N) is 2. The Bertz CT molecular complexity index is 1220. The van der Waals surface area contributed by atoms with Gasteiger partial charge in [-0.25, -0.2) is 8.42 Å². The molecular weight excluding hydrogens is 426 g/mol. The van der Waals surface area contributed by atoms with E-state index in [2.05, 4.69) is 10.0 Å². The summed E-state index contributed by atoms with van der Waals surface area (Å²) in [7, 11) is -3.89. The van der Waals surface area contributed by atoms with Crippen LogP contribution in [0.1, 0.15) is 12.5 Å². The van der Waals surface area contributed by atoms with Crippen molar-refractivity contribution in [2.75, 3.05) is 10.0 Å². The predicted octanol–water partition coefficient (Wildman–Crippen LogP) is 4.76. The minimum atomic E-state index is -3.89. The second-order valence-electron chi connectivity index (χ2n) is 6.19. The van der Waals surface area contributed by atoms with Crippen LogP contribution in [0.2, 0.25) is 5.02 Å². The summed E-state index contributed by atoms with van der Waals surface area (Å²) in [5, 5.41) is 12.5. The number of sulfonamides is 1. The Labute approximate surface area is 178 Å². The van der Waals surface area contributed by atoms with Gasteiger partial charge in [0.15, 0.2) is 0 Å². The topological polar surface area (TPSA) is 108 Å². The molecule has 0 aliphatic heterocycles. The maximum absolute atomic E-state index is 12.6. The summed E-state index contributed by atoms with van der Waals surface area (Å²) in [6.45, 7) is 1.36. The van der Waals surface area contributed by atoms with E-state index in [1.54, 1.807) is 24.3 Å². The molecule has 0 radical (unpaired) electrons. The zero-order chi connectivity index (χ0) is 21.7. The van der Waals surface area contributed by atoms with Crippen LogP contribution in [0.5, 0.6) is 11.5 Å². The molecule has 152 valence electrons. The van der Waals surface area contributed by atoms with Crippen LogP contribution in [0.15, 0.2) is 71.6 Å². The van der Waals surface area contributed by atoms with E-state index in [-0.39, 0.29) is 27.8 Å². The Balaban J connectivity index is 1.79. The van der Waals surface area contributed by atoms with Gasteiger partial charge in [0.1, 0.15) is 17.6 Å². The number of benzene rings is 3. The number of halogens is 1. The summed E-state index contributed by atoms with van der Waals surface area (Å²) < 4.78 is 33.3. The number of carbonyl (C=O) groups is 1. The fourth-order valence-corrected chi connectivity index (χ4v) is 3.71. The predicted molar refractivity (Wildman–Crippen MR) is 114 cm³/mol. The van der Waals surface area contributed by atoms with Crippen molar-refractivity contribution in [3.63, 3.8) is 0 Å². The number of rotatable bonds is 6. The lowest BCUT2D eigenvalue weighted by Gasteiger charge is -2.12. The van der Waals surface area contributed by atoms with E-state index < -0.39 is 10.0 Å². The van der Waals surface area contributed by atoms with E-state index in [4.69, 9.17) is 16.3 Å². The van der Waals surface area contributed by atoms with Crippen LogP contribution >= 0.6 is 11.6 Å². The number of nitrogens with zero attached hydrogens (tertiary/aromatic N) is 1. The Kier molecular flexibility index (Phi) is 6.26. The van der Waals surface area contributed by atoms with Crippen LogP contribution in [0, 0.1) is 11.3 Å². The number of ether oxygens (including phenoxy) is 1. The fraction of sp³-hybridized carbons (Fsp3) is 0.0476. The summed E-state index contributed by atoms with van der Waals surface area (Å²) >= 11 is 5.85. The Hall–Kier alpha value is -3.54. The highest BCUT2D eigenvalue weighted by Gasteiger charge is 2.16. The van der Waals surface area contributed by atoms with Crippen LogP contribution in [-0.4, -0.2) is 14.3 Å². The average Bonchev–Trinajstić information content (AvgIpc) is 2.70. The third-order valence-corrected chi connectivity index (χ3v) is 5.53. The average molecular weight is 442 g/mol. The van der Waals surface area contributed by atoms with Gasteiger partial charge in [-0.2, -0.15) is 5.26 Å². The van der Waals surface area contributed by atoms with Crippen molar-refractivity contribution in [1.29, 1.82) is 5.26 Å². The number of carbonyl (C=O) groups excluding carboxylic acids is 1. The van der Waals surface area contributed by atoms with Crippen LogP contribution in [-0.2, 0) is 14.8 Å². The number of hydrogen-bond donors (Lipinski definition) is 2. The monoisotopic (exact) mass is 441 g/mol. The molecule has 0 aliphatic carbocycles. The zero-order valence-corrected chi connectivity index (χ0v) is 17.3. The van der Waals surface area contributed by atoms with Crippen molar-refractivity contribution >= 4 is 38.9 Å². The van der Waals surface area contributed by atoms with Crippen molar-refractivity contribution in [3.8, 4) is 17.6 Å². The molecule has 3 aromatic rings. The maximum atomic E-state index is 12.6. The Morgan fingerprint density at radius 2 is 1.63 bits per heavy atom. The maximum Gasteiger partial charge on any atom is 0.261 e. The molecule has 2 N–H and O–H groups in total. The molecule has 0 saturated heterocycles. The van der Waals surface area contributed by atoms with Crippen LogP contribution < -0.4 is 14.8 Å². The minimum absolute atomic E-state index is 0.0107. The minimum Gasteiger partial charge on any atom is -0.456 e. The van der Waals surface area contributed by atoms with Gasteiger partial charge >= 0.3 is 0 Å². The highest BCUT2D eigenvalue weighted by atomic mass is 35.5. The van der Waals surface area contributed by atoms with E-state index in [1.165, 1.54) is 49.4 Å². The molecule has 0 aromatic heterocycles. The molecule has 0 atom stereocenters. The molecule has 0 saturated carbocycles. The van der Waals surface area contributed by atoms with Gasteiger partial charge in [0.05, 0.1) is 16.1 Å². The summed E-state index contributed by atoms with van der Waals surface area (Å²) in [5.74, 6) is 0.514. The molecule has 7 nitrogen and oxygen atoms in total. The van der Waals surface area contributed by atoms with Gasteiger partial charge in [-0.1, -0.05) is 11.6 Å². The van der Waals surface area contributed by atoms with Crippen molar-refractivity contribution < 1.29 is 17.9 Å². The molecule has 0 unspecified atom stereocenters. The molecule has 0 heterocycles. The first-order valence-corrected chi connectivity index (χ1v) is 10.5. The van der Waals surface area contributed by atoms with E-state index >= 15 is 0 Å². The van der Waals surface area contributed by atoms with Crippen molar-refractivity contribution in [2.45, 2.75) is 11.8 Å². The van der Waals surface area contributed by atoms with Gasteiger partial charge in [-0.05, 0) is 66.7 Å². The van der Waals surface area contributed by atoms with E-state index in [0.29, 0.717) is 16.5 Å². The zero-order valence-electron chi connectivity index (χ0n) is 15.7. The molecule has 3 aromatic carbocycles. The normalized spacial score (nSPS) is 10.7. The molecule has 0 bridgehead atoms. The van der Waals surface area contributed by atoms with E-state index in [9.17, 15) is 18.5 Å². The SMILES string of the molecule is CC(=O)Nc1ccc(S(=O)(=O)Nc2ccc(Oc3ccc(Cl)cc3)c(C#N)c2)cc1. The second kappa shape index (κ2) is 8.86. The molecule has 0 spiro atoms. The Morgan fingerprint density at radius 3 is 2.23 bits per heavy atom. The third kappa shape index (κ3) is 5.29. The van der Waals surface area contributed by atoms with Crippen LogP contribution in [0.25, 0.3) is 0 Å². The van der Waals surface area contributed by atoms with Gasteiger partial charge in [0.25, 0.3) is 10.0 Å². The van der Waals surface area contributed by atoms with Crippen molar-refractivity contribution in [2.24, 2.45) is 0 Å². The third-order valence-electron chi connectivity index (χ3n) is 3.88. The standard InChI is InChI=1S/C21H16ClN3O4S/c1-14(26)24-17-4-9-20(10-5-17)30(27,28)25-18-6-11-21(15(12-18)13-23)29-19-7-2-16(22)3-8-19/h2-12,25H,1H3,(H,24,26). The van der Waals surface area contributed by atoms with E-state index in [0.717, 1.165) is 0 Å². The van der Waals surface area contributed by atoms with Gasteiger partial charge in [0, 0.05) is 17.6 Å². The lowest BCUT2D eigenvalue weighted by molar-refractivity contribution is -0.114. The molecule has 1 amide bonds. The lowest BCUT2D eigenvalue weighted by Crippen LogP contribution is -2.13.